The van der Waals surface area contributed by atoms with Gasteiger partial charge >= 0.3 is 5.97 Å². The summed E-state index contributed by atoms with van der Waals surface area (Å²) >= 11 is 4.96. The maximum absolute atomic E-state index is 12.1. The van der Waals surface area contributed by atoms with Crippen molar-refractivity contribution in [1.82, 2.24) is 14.9 Å². The van der Waals surface area contributed by atoms with Gasteiger partial charge in [0.2, 0.25) is 0 Å². The van der Waals surface area contributed by atoms with E-state index in [1.165, 1.54) is 0 Å². The van der Waals surface area contributed by atoms with E-state index in [0.717, 1.165) is 5.69 Å². The second-order valence-electron chi connectivity index (χ2n) is 5.49. The monoisotopic (exact) mass is 271 g/mol. The highest BCUT2D eigenvalue weighted by atomic mass is 32.1. The normalized spacial score (nSPS) is 13.7. The van der Waals surface area contributed by atoms with Crippen LogP contribution in [-0.2, 0) is 16.0 Å². The first-order valence-corrected chi connectivity index (χ1v) is 6.26. The topological polar surface area (TPSA) is 61.1 Å². The molecule has 0 bridgehead atoms. The van der Waals surface area contributed by atoms with Crippen molar-refractivity contribution in [3.63, 3.8) is 0 Å². The zero-order chi connectivity index (χ0) is 13.9. The van der Waals surface area contributed by atoms with Crippen LogP contribution in [0, 0.1) is 4.77 Å². The van der Waals surface area contributed by atoms with E-state index in [1.54, 1.807) is 6.20 Å². The van der Waals surface area contributed by atoms with Gasteiger partial charge in [0.15, 0.2) is 4.77 Å². The number of nitrogens with one attached hydrogen (secondary N) is 2. The number of nitrogens with zero attached hydrogens (tertiary/aromatic N) is 1. The van der Waals surface area contributed by atoms with E-state index in [-0.39, 0.29) is 12.0 Å². The first-order valence-electron chi connectivity index (χ1n) is 5.85. The molecule has 0 fully saturated rings. The fourth-order valence-corrected chi connectivity index (χ4v) is 1.73. The fourth-order valence-electron chi connectivity index (χ4n) is 1.54. The van der Waals surface area contributed by atoms with Crippen molar-refractivity contribution >= 4 is 18.2 Å². The third-order valence-corrected chi connectivity index (χ3v) is 2.59. The Hall–Kier alpha value is -1.14. The summed E-state index contributed by atoms with van der Waals surface area (Å²) in [5.41, 5.74) is 0.417. The van der Waals surface area contributed by atoms with Crippen molar-refractivity contribution in [3.05, 3.63) is 16.7 Å². The maximum Gasteiger partial charge on any atom is 0.324 e. The number of esters is 1. The van der Waals surface area contributed by atoms with Crippen molar-refractivity contribution in [3.8, 4) is 0 Å². The van der Waals surface area contributed by atoms with Crippen molar-refractivity contribution in [2.75, 3.05) is 14.1 Å². The summed E-state index contributed by atoms with van der Waals surface area (Å²) in [5.74, 6) is -0.229. The van der Waals surface area contributed by atoms with Crippen molar-refractivity contribution in [1.29, 1.82) is 0 Å². The number of likely N-dealkylation sites (N-methyl/N-ethyl adjacent to an activating group) is 1. The van der Waals surface area contributed by atoms with E-state index >= 15 is 0 Å². The van der Waals surface area contributed by atoms with Gasteiger partial charge in [0.05, 0.1) is 0 Å². The van der Waals surface area contributed by atoms with E-state index in [1.807, 2.05) is 39.8 Å². The third kappa shape index (κ3) is 4.62. The molecular weight excluding hydrogens is 250 g/mol. The van der Waals surface area contributed by atoms with Crippen LogP contribution >= 0.6 is 12.2 Å². The highest BCUT2D eigenvalue weighted by molar-refractivity contribution is 7.71. The smallest absolute Gasteiger partial charge is 0.324 e. The SMILES string of the molecule is CN(C)[C@@H](Cc1c[nH]c(=S)[nH]1)C(=O)OC(C)(C)C. The minimum Gasteiger partial charge on any atom is -0.459 e. The molecular formula is C12H21N3O2S. The molecule has 5 nitrogen and oxygen atoms in total. The molecule has 102 valence electrons. The molecule has 0 aliphatic rings. The zero-order valence-corrected chi connectivity index (χ0v) is 12.4. The quantitative estimate of drug-likeness (QED) is 0.648. The molecule has 0 saturated heterocycles. The van der Waals surface area contributed by atoms with Crippen LogP contribution in [0.1, 0.15) is 26.5 Å². The van der Waals surface area contributed by atoms with Crippen LogP contribution in [0.4, 0.5) is 0 Å². The van der Waals surface area contributed by atoms with Gasteiger partial charge in [-0.1, -0.05) is 0 Å². The van der Waals surface area contributed by atoms with E-state index in [4.69, 9.17) is 17.0 Å². The molecule has 0 radical (unpaired) electrons. The number of ether oxygens (including phenoxy) is 1. The van der Waals surface area contributed by atoms with E-state index < -0.39 is 5.60 Å². The molecule has 0 amide bonds. The number of carbonyl (C=O) groups is 1. The number of imidazole rings is 1. The number of H-pyrrole nitrogens is 2. The lowest BCUT2D eigenvalue weighted by atomic mass is 10.1. The standard InChI is InChI=1S/C12H21N3O2S/c1-12(2,3)17-10(16)9(15(4)5)6-8-7-13-11(18)14-8/h7,9H,6H2,1-5H3,(H2,13,14,18)/t9-/m0/s1. The number of aromatic amines is 2. The van der Waals surface area contributed by atoms with Gasteiger partial charge in [0.25, 0.3) is 0 Å². The first kappa shape index (κ1) is 14.9. The summed E-state index contributed by atoms with van der Waals surface area (Å²) in [6, 6.07) is -0.328. The first-order chi connectivity index (χ1) is 8.19. The van der Waals surface area contributed by atoms with Crippen LogP contribution in [0.2, 0.25) is 0 Å². The highest BCUT2D eigenvalue weighted by Crippen LogP contribution is 2.12. The van der Waals surface area contributed by atoms with Crippen LogP contribution in [0.25, 0.3) is 0 Å². The maximum atomic E-state index is 12.1. The van der Waals surface area contributed by atoms with Crippen LogP contribution in [0.15, 0.2) is 6.20 Å². The van der Waals surface area contributed by atoms with Gasteiger partial charge < -0.3 is 14.7 Å². The Balaban J connectivity index is 2.77. The molecule has 0 spiro atoms. The minimum absolute atomic E-state index is 0.229. The Morgan fingerprint density at radius 1 is 1.50 bits per heavy atom. The van der Waals surface area contributed by atoms with Gasteiger partial charge in [0, 0.05) is 18.3 Å². The second-order valence-corrected chi connectivity index (χ2v) is 5.89. The van der Waals surface area contributed by atoms with Gasteiger partial charge in [0.1, 0.15) is 11.6 Å². The second kappa shape index (κ2) is 5.67. The van der Waals surface area contributed by atoms with Crippen molar-refractivity contribution < 1.29 is 9.53 Å². The molecule has 18 heavy (non-hydrogen) atoms. The summed E-state index contributed by atoms with van der Waals surface area (Å²) in [7, 11) is 3.71. The largest absolute Gasteiger partial charge is 0.459 e. The fraction of sp³-hybridized carbons (Fsp3) is 0.667. The van der Waals surface area contributed by atoms with Crippen LogP contribution in [0.5, 0.6) is 0 Å². The lowest BCUT2D eigenvalue weighted by molar-refractivity contribution is -0.160. The molecule has 1 atom stereocenters. The average molecular weight is 271 g/mol. The van der Waals surface area contributed by atoms with Crippen molar-refractivity contribution in [2.24, 2.45) is 0 Å². The number of hydrogen-bond acceptors (Lipinski definition) is 4. The molecule has 6 heteroatoms. The molecule has 0 aromatic carbocycles. The van der Waals surface area contributed by atoms with Crippen LogP contribution in [-0.4, -0.2) is 46.6 Å². The van der Waals surface area contributed by atoms with Gasteiger partial charge in [-0.25, -0.2) is 0 Å². The summed E-state index contributed by atoms with van der Waals surface area (Å²) in [6.45, 7) is 5.59. The third-order valence-electron chi connectivity index (χ3n) is 2.37. The number of carbonyl (C=O) groups excluding carboxylic acids is 1. The lowest BCUT2D eigenvalue weighted by Crippen LogP contribution is -2.42. The number of aromatic nitrogens is 2. The predicted octanol–water partition coefficient (Wildman–Crippen LogP) is 1.89. The highest BCUT2D eigenvalue weighted by Gasteiger charge is 2.27. The molecule has 1 aromatic heterocycles. The molecule has 1 aromatic rings. The molecule has 0 unspecified atom stereocenters. The van der Waals surface area contributed by atoms with Crippen LogP contribution < -0.4 is 0 Å². The minimum atomic E-state index is -0.476. The molecule has 1 heterocycles. The Labute approximate surface area is 113 Å². The average Bonchev–Trinajstić information content (AvgIpc) is 2.57. The Morgan fingerprint density at radius 3 is 2.50 bits per heavy atom. The Bertz CT molecular complexity index is 456. The van der Waals surface area contributed by atoms with Crippen LogP contribution in [0.3, 0.4) is 0 Å². The summed E-state index contributed by atoms with van der Waals surface area (Å²) in [6.07, 6.45) is 2.32. The van der Waals surface area contributed by atoms with Gasteiger partial charge in [-0.2, -0.15) is 0 Å². The zero-order valence-electron chi connectivity index (χ0n) is 11.5. The van der Waals surface area contributed by atoms with E-state index in [0.29, 0.717) is 11.2 Å². The van der Waals surface area contributed by atoms with E-state index in [2.05, 4.69) is 9.97 Å². The van der Waals surface area contributed by atoms with Gasteiger partial charge in [-0.05, 0) is 47.1 Å². The summed E-state index contributed by atoms with van der Waals surface area (Å²) in [5, 5.41) is 0. The summed E-state index contributed by atoms with van der Waals surface area (Å²) < 4.78 is 5.97. The predicted molar refractivity (Wildman–Crippen MR) is 73.0 cm³/mol. The lowest BCUT2D eigenvalue weighted by Gasteiger charge is -2.27. The molecule has 0 saturated carbocycles. The molecule has 2 N–H and O–H groups in total. The molecule has 0 aliphatic heterocycles. The Kier molecular flexibility index (Phi) is 4.70. The molecule has 0 aliphatic carbocycles. The Morgan fingerprint density at radius 2 is 2.11 bits per heavy atom. The number of hydrogen-bond donors (Lipinski definition) is 2. The summed E-state index contributed by atoms with van der Waals surface area (Å²) in [4.78, 5) is 19.8. The van der Waals surface area contributed by atoms with E-state index in [9.17, 15) is 4.79 Å². The number of rotatable bonds is 4. The van der Waals surface area contributed by atoms with Gasteiger partial charge in [-0.15, -0.1) is 0 Å². The molecule has 1 rings (SSSR count). The van der Waals surface area contributed by atoms with Gasteiger partial charge in [-0.3, -0.25) is 9.69 Å². The van der Waals surface area contributed by atoms with Crippen molar-refractivity contribution in [2.45, 2.75) is 38.8 Å².